The third-order valence-corrected chi connectivity index (χ3v) is 7.10. The van der Waals surface area contributed by atoms with Crippen molar-refractivity contribution >= 4 is 21.6 Å². The normalized spacial score (nSPS) is 15.6. The first-order valence-electron chi connectivity index (χ1n) is 9.83. The van der Waals surface area contributed by atoms with Gasteiger partial charge in [0.15, 0.2) is 17.5 Å². The molecule has 2 aromatic rings. The smallest absolute Gasteiger partial charge is 0.243 e. The molecule has 1 amide bonds. The van der Waals surface area contributed by atoms with Gasteiger partial charge in [0.25, 0.3) is 0 Å². The Morgan fingerprint density at radius 3 is 2.42 bits per heavy atom. The molecule has 2 aromatic carbocycles. The molecule has 1 fully saturated rings. The molecule has 1 saturated heterocycles. The lowest BCUT2D eigenvalue weighted by Crippen LogP contribution is -2.41. The number of benzene rings is 2. The van der Waals surface area contributed by atoms with Gasteiger partial charge >= 0.3 is 0 Å². The highest BCUT2D eigenvalue weighted by molar-refractivity contribution is 7.89. The Morgan fingerprint density at radius 2 is 1.81 bits per heavy atom. The molecule has 0 aromatic heterocycles. The molecule has 0 atom stereocenters. The van der Waals surface area contributed by atoms with Crippen LogP contribution in [-0.4, -0.2) is 38.3 Å². The van der Waals surface area contributed by atoms with Crippen molar-refractivity contribution in [3.8, 4) is 5.75 Å². The van der Waals surface area contributed by atoms with Gasteiger partial charge in [0.1, 0.15) is 5.75 Å². The third kappa shape index (κ3) is 4.85. The van der Waals surface area contributed by atoms with Gasteiger partial charge in [-0.2, -0.15) is 4.31 Å². The molecule has 3 rings (SSSR count). The molecule has 168 valence electrons. The number of rotatable bonds is 6. The van der Waals surface area contributed by atoms with E-state index in [1.165, 1.54) is 10.4 Å². The summed E-state index contributed by atoms with van der Waals surface area (Å²) in [5.74, 6) is -5.02. The first-order valence-corrected chi connectivity index (χ1v) is 11.3. The minimum absolute atomic E-state index is 0.104. The monoisotopic (exact) mass is 456 g/mol. The number of hydrogen-bond donors (Lipinski definition) is 1. The van der Waals surface area contributed by atoms with Crippen LogP contribution in [0.5, 0.6) is 5.75 Å². The van der Waals surface area contributed by atoms with E-state index in [1.807, 2.05) is 6.92 Å². The summed E-state index contributed by atoms with van der Waals surface area (Å²) in [6, 6.07) is 6.31. The Labute approximate surface area is 179 Å². The highest BCUT2D eigenvalue weighted by Crippen LogP contribution is 2.28. The number of hydrogen-bond acceptors (Lipinski definition) is 4. The predicted molar refractivity (Wildman–Crippen MR) is 109 cm³/mol. The average Bonchev–Trinajstić information content (AvgIpc) is 2.75. The van der Waals surface area contributed by atoms with Gasteiger partial charge in [0.2, 0.25) is 15.9 Å². The maximum Gasteiger partial charge on any atom is 0.243 e. The Hall–Kier alpha value is -2.59. The summed E-state index contributed by atoms with van der Waals surface area (Å²) in [4.78, 5) is 12.5. The molecule has 0 radical (unpaired) electrons. The van der Waals surface area contributed by atoms with Crippen molar-refractivity contribution in [2.24, 2.45) is 5.92 Å². The molecular weight excluding hydrogens is 433 g/mol. The van der Waals surface area contributed by atoms with Gasteiger partial charge in [-0.3, -0.25) is 4.79 Å². The highest BCUT2D eigenvalue weighted by atomic mass is 32.2. The van der Waals surface area contributed by atoms with Crippen LogP contribution < -0.4 is 10.1 Å². The summed E-state index contributed by atoms with van der Waals surface area (Å²) in [5.41, 5.74) is 0.245. The zero-order chi connectivity index (χ0) is 22.8. The second-order valence-corrected chi connectivity index (χ2v) is 9.19. The summed E-state index contributed by atoms with van der Waals surface area (Å²) < 4.78 is 72.8. The number of anilines is 1. The summed E-state index contributed by atoms with van der Waals surface area (Å²) in [7, 11) is -3.75. The van der Waals surface area contributed by atoms with Crippen LogP contribution in [0, 0.1) is 30.3 Å². The first kappa shape index (κ1) is 23.1. The molecule has 0 aliphatic carbocycles. The Kier molecular flexibility index (Phi) is 6.90. The first-order chi connectivity index (χ1) is 14.6. The van der Waals surface area contributed by atoms with Gasteiger partial charge in [0.05, 0.1) is 17.2 Å². The molecule has 0 saturated carbocycles. The minimum atomic E-state index is -3.75. The van der Waals surface area contributed by atoms with E-state index in [0.717, 1.165) is 12.1 Å². The number of aryl methyl sites for hydroxylation is 1. The Balaban J connectivity index is 1.65. The number of ether oxygens (including phenoxy) is 1. The molecule has 1 aliphatic rings. The van der Waals surface area contributed by atoms with Crippen molar-refractivity contribution in [2.45, 2.75) is 31.6 Å². The van der Waals surface area contributed by atoms with E-state index in [9.17, 15) is 26.4 Å². The number of amides is 1. The fraction of sp³-hybridized carbons (Fsp3) is 0.381. The highest BCUT2D eigenvalue weighted by Gasteiger charge is 2.32. The zero-order valence-corrected chi connectivity index (χ0v) is 17.9. The van der Waals surface area contributed by atoms with Gasteiger partial charge < -0.3 is 10.1 Å². The number of carbonyl (C=O) groups is 1. The van der Waals surface area contributed by atoms with E-state index in [-0.39, 0.29) is 30.8 Å². The lowest BCUT2D eigenvalue weighted by molar-refractivity contribution is -0.120. The van der Waals surface area contributed by atoms with Crippen molar-refractivity contribution in [3.05, 3.63) is 53.3 Å². The summed E-state index contributed by atoms with van der Waals surface area (Å²) in [6.45, 7) is 4.28. The van der Waals surface area contributed by atoms with Gasteiger partial charge in [-0.15, -0.1) is 0 Å². The summed E-state index contributed by atoms with van der Waals surface area (Å²) in [5, 5.41) is 2.26. The van der Waals surface area contributed by atoms with E-state index in [2.05, 4.69) is 5.32 Å². The van der Waals surface area contributed by atoms with Gasteiger partial charge in [0, 0.05) is 19.0 Å². The summed E-state index contributed by atoms with van der Waals surface area (Å²) >= 11 is 0. The topological polar surface area (TPSA) is 75.7 Å². The van der Waals surface area contributed by atoms with Crippen LogP contribution >= 0.6 is 0 Å². The van der Waals surface area contributed by atoms with Crippen molar-refractivity contribution in [1.29, 1.82) is 0 Å². The number of piperidine rings is 1. The molecule has 0 unspecified atom stereocenters. The van der Waals surface area contributed by atoms with Crippen molar-refractivity contribution in [1.82, 2.24) is 4.31 Å². The van der Waals surface area contributed by atoms with E-state index >= 15 is 0 Å². The SMILES string of the molecule is CCOc1ccc(S(=O)(=O)N2CCC(C(=O)Nc3ccc(F)c(F)c3F)CC2)cc1C. The van der Waals surface area contributed by atoms with Crippen LogP contribution in [0.4, 0.5) is 18.9 Å². The number of nitrogens with one attached hydrogen (secondary N) is 1. The average molecular weight is 456 g/mol. The number of sulfonamides is 1. The fourth-order valence-electron chi connectivity index (χ4n) is 3.46. The zero-order valence-electron chi connectivity index (χ0n) is 17.1. The molecule has 0 bridgehead atoms. The van der Waals surface area contributed by atoms with E-state index in [1.54, 1.807) is 19.1 Å². The number of nitrogens with zero attached hydrogens (tertiary/aromatic N) is 1. The fourth-order valence-corrected chi connectivity index (χ4v) is 5.02. The molecular formula is C21H23F3N2O4S. The van der Waals surface area contributed by atoms with Crippen molar-refractivity contribution in [3.63, 3.8) is 0 Å². The van der Waals surface area contributed by atoms with Crippen LogP contribution in [0.2, 0.25) is 0 Å². The quantitative estimate of drug-likeness (QED) is 0.670. The van der Waals surface area contributed by atoms with Gasteiger partial charge in [-0.25, -0.2) is 21.6 Å². The summed E-state index contributed by atoms with van der Waals surface area (Å²) in [6.07, 6.45) is 0.429. The second-order valence-electron chi connectivity index (χ2n) is 7.25. The lowest BCUT2D eigenvalue weighted by Gasteiger charge is -2.30. The van der Waals surface area contributed by atoms with Crippen LogP contribution in [0.25, 0.3) is 0 Å². The molecule has 31 heavy (non-hydrogen) atoms. The molecule has 6 nitrogen and oxygen atoms in total. The minimum Gasteiger partial charge on any atom is -0.494 e. The van der Waals surface area contributed by atoms with Crippen molar-refractivity contribution < 1.29 is 31.1 Å². The molecule has 1 heterocycles. The largest absolute Gasteiger partial charge is 0.494 e. The lowest BCUT2D eigenvalue weighted by atomic mass is 9.97. The Bertz CT molecular complexity index is 1080. The van der Waals surface area contributed by atoms with Crippen LogP contribution in [0.1, 0.15) is 25.3 Å². The van der Waals surface area contributed by atoms with E-state index in [0.29, 0.717) is 17.9 Å². The molecule has 10 heteroatoms. The molecule has 0 spiro atoms. The number of carbonyl (C=O) groups excluding carboxylic acids is 1. The molecule has 1 N–H and O–H groups in total. The Morgan fingerprint density at radius 1 is 1.13 bits per heavy atom. The van der Waals surface area contributed by atoms with Gasteiger partial charge in [-0.1, -0.05) is 0 Å². The van der Waals surface area contributed by atoms with E-state index in [4.69, 9.17) is 4.74 Å². The van der Waals surface area contributed by atoms with E-state index < -0.39 is 45.0 Å². The van der Waals surface area contributed by atoms with Gasteiger partial charge in [-0.05, 0) is 62.6 Å². The van der Waals surface area contributed by atoms with Crippen molar-refractivity contribution in [2.75, 3.05) is 25.0 Å². The van der Waals surface area contributed by atoms with Crippen LogP contribution in [0.15, 0.2) is 35.2 Å². The third-order valence-electron chi connectivity index (χ3n) is 5.20. The standard InChI is InChI=1S/C21H23F3N2O4S/c1-3-30-18-7-4-15(12-13(18)2)31(28,29)26-10-8-14(9-11-26)21(27)25-17-6-5-16(22)19(23)20(17)24/h4-7,12,14H,3,8-11H2,1-2H3,(H,25,27). The van der Waals surface area contributed by atoms with Crippen LogP contribution in [-0.2, 0) is 14.8 Å². The maximum atomic E-state index is 13.8. The molecule has 1 aliphatic heterocycles. The maximum absolute atomic E-state index is 13.8. The predicted octanol–water partition coefficient (Wildman–Crippen LogP) is 3.85. The second kappa shape index (κ2) is 9.27. The number of halogens is 3. The van der Waals surface area contributed by atoms with Crippen LogP contribution in [0.3, 0.4) is 0 Å².